The summed E-state index contributed by atoms with van der Waals surface area (Å²) >= 11 is 0. The molecule has 0 N–H and O–H groups in total. The molecule has 2 fully saturated rings. The first-order valence-corrected chi connectivity index (χ1v) is 13.9. The molecule has 3 nitrogen and oxygen atoms in total. The Hall–Kier alpha value is -2.94. The summed E-state index contributed by atoms with van der Waals surface area (Å²) in [6.07, 6.45) is 13.4. The second kappa shape index (κ2) is 8.33. The van der Waals surface area contributed by atoms with Crippen LogP contribution in [0.25, 0.3) is 38.5 Å². The predicted molar refractivity (Wildman–Crippen MR) is 145 cm³/mol. The maximum absolute atomic E-state index is 5.41. The first-order chi connectivity index (χ1) is 17.2. The Morgan fingerprint density at radius 3 is 2.29 bits per heavy atom. The van der Waals surface area contributed by atoms with E-state index < -0.39 is 0 Å². The van der Waals surface area contributed by atoms with Gasteiger partial charge < -0.3 is 0 Å². The van der Waals surface area contributed by atoms with E-state index in [4.69, 9.17) is 4.98 Å². The van der Waals surface area contributed by atoms with Gasteiger partial charge in [-0.2, -0.15) is 4.40 Å². The summed E-state index contributed by atoms with van der Waals surface area (Å²) in [5.41, 5.74) is 10.5. The minimum atomic E-state index is 0.611. The lowest BCUT2D eigenvalue weighted by atomic mass is 9.84. The quantitative estimate of drug-likeness (QED) is 0.192. The highest BCUT2D eigenvalue weighted by Crippen LogP contribution is 2.38. The molecule has 178 valence electrons. The fourth-order valence-electron chi connectivity index (χ4n) is 7.24. The molecule has 0 amide bonds. The molecular weight excluding hydrogens is 426 g/mol. The van der Waals surface area contributed by atoms with Crippen molar-refractivity contribution in [3.8, 4) is 0 Å². The van der Waals surface area contributed by atoms with Gasteiger partial charge in [0.15, 0.2) is 11.0 Å². The highest BCUT2D eigenvalue weighted by molar-refractivity contribution is 6.09. The number of benzene rings is 2. The molecule has 7 rings (SSSR count). The van der Waals surface area contributed by atoms with Crippen molar-refractivity contribution in [2.45, 2.75) is 83.0 Å². The highest BCUT2D eigenvalue weighted by Gasteiger charge is 2.27. The van der Waals surface area contributed by atoms with E-state index >= 15 is 0 Å². The molecule has 0 atom stereocenters. The molecule has 2 aliphatic carbocycles. The molecule has 0 radical (unpaired) electrons. The van der Waals surface area contributed by atoms with E-state index in [1.165, 1.54) is 120 Å². The summed E-state index contributed by atoms with van der Waals surface area (Å²) in [6.45, 7) is 2.30. The van der Waals surface area contributed by atoms with Crippen molar-refractivity contribution in [3.05, 3.63) is 65.4 Å². The number of hydrogen-bond acceptors (Lipinski definition) is 1. The molecule has 5 aromatic rings. The SMILES string of the molecule is Cc1cc(C2CCCCC2)nc2c3ccccc3[n+]3c4ccc(C5CCCCC5)cc4n(C)c3c12. The molecule has 3 heterocycles. The fourth-order valence-corrected chi connectivity index (χ4v) is 7.24. The lowest BCUT2D eigenvalue weighted by molar-refractivity contribution is -0.449. The average Bonchev–Trinajstić information content (AvgIpc) is 3.21. The van der Waals surface area contributed by atoms with Crippen LogP contribution in [-0.2, 0) is 7.05 Å². The van der Waals surface area contributed by atoms with E-state index in [0.29, 0.717) is 11.8 Å². The first kappa shape index (κ1) is 21.4. The number of pyridine rings is 2. The molecule has 0 spiro atoms. The van der Waals surface area contributed by atoms with Crippen molar-refractivity contribution in [1.82, 2.24) is 9.55 Å². The lowest BCUT2D eigenvalue weighted by Crippen LogP contribution is -2.23. The minimum Gasteiger partial charge on any atom is -0.251 e. The second-order valence-electron chi connectivity index (χ2n) is 11.2. The molecule has 0 saturated heterocycles. The van der Waals surface area contributed by atoms with Gasteiger partial charge in [-0.1, -0.05) is 56.7 Å². The molecule has 35 heavy (non-hydrogen) atoms. The Balaban J connectivity index is 1.55. The summed E-state index contributed by atoms with van der Waals surface area (Å²) in [7, 11) is 2.25. The lowest BCUT2D eigenvalue weighted by Gasteiger charge is -2.22. The molecule has 3 aromatic heterocycles. The number of aryl methyl sites for hydroxylation is 2. The molecule has 2 saturated carbocycles. The number of fused-ring (bicyclic) bond motifs is 8. The fraction of sp³-hybridized carbons (Fsp3) is 0.438. The van der Waals surface area contributed by atoms with Crippen LogP contribution in [0.2, 0.25) is 0 Å². The summed E-state index contributed by atoms with van der Waals surface area (Å²) in [6, 6.07) is 18.6. The van der Waals surface area contributed by atoms with E-state index in [2.05, 4.69) is 71.5 Å². The van der Waals surface area contributed by atoms with Gasteiger partial charge in [0.05, 0.1) is 18.0 Å². The Labute approximate surface area is 207 Å². The number of para-hydroxylation sites is 1. The smallest absolute Gasteiger partial charge is 0.251 e. The Morgan fingerprint density at radius 2 is 1.51 bits per heavy atom. The standard InChI is InChI=1S/C32H36N3/c1-21-19-26(23-13-7-4-8-14-23)33-31-25-15-9-10-16-27(25)35-28-18-17-24(22-11-5-3-6-12-22)20-29(28)34(2)32(35)30(21)31/h9-10,15-20,22-23H,3-8,11-14H2,1-2H3/q+1. The van der Waals surface area contributed by atoms with Crippen LogP contribution in [0, 0.1) is 6.92 Å². The normalized spacial score (nSPS) is 18.3. The zero-order valence-electron chi connectivity index (χ0n) is 21.2. The van der Waals surface area contributed by atoms with Gasteiger partial charge in [0.25, 0.3) is 5.65 Å². The van der Waals surface area contributed by atoms with Gasteiger partial charge in [0, 0.05) is 17.0 Å². The highest BCUT2D eigenvalue weighted by atomic mass is 15.1. The molecule has 3 heteroatoms. The van der Waals surface area contributed by atoms with Crippen LogP contribution in [0.3, 0.4) is 0 Å². The van der Waals surface area contributed by atoms with Crippen LogP contribution in [0.15, 0.2) is 48.5 Å². The topological polar surface area (TPSA) is 21.9 Å². The van der Waals surface area contributed by atoms with Gasteiger partial charge in [-0.3, -0.25) is 4.98 Å². The van der Waals surface area contributed by atoms with Crippen molar-refractivity contribution in [2.24, 2.45) is 7.05 Å². The number of imidazole rings is 1. The zero-order chi connectivity index (χ0) is 23.5. The average molecular weight is 463 g/mol. The van der Waals surface area contributed by atoms with Gasteiger partial charge in [0.1, 0.15) is 5.52 Å². The second-order valence-corrected chi connectivity index (χ2v) is 11.2. The number of rotatable bonds is 2. The molecule has 0 bridgehead atoms. The van der Waals surface area contributed by atoms with Gasteiger partial charge in [-0.05, 0) is 80.0 Å². The van der Waals surface area contributed by atoms with Crippen LogP contribution in [0.1, 0.15) is 92.9 Å². The van der Waals surface area contributed by atoms with Crippen molar-refractivity contribution in [2.75, 3.05) is 0 Å². The van der Waals surface area contributed by atoms with Crippen molar-refractivity contribution in [3.63, 3.8) is 0 Å². The third-order valence-corrected chi connectivity index (χ3v) is 9.09. The molecule has 2 aliphatic rings. The first-order valence-electron chi connectivity index (χ1n) is 13.9. The number of hydrogen-bond donors (Lipinski definition) is 0. The van der Waals surface area contributed by atoms with E-state index in [9.17, 15) is 0 Å². The van der Waals surface area contributed by atoms with Crippen LogP contribution in [0.4, 0.5) is 0 Å². The van der Waals surface area contributed by atoms with Gasteiger partial charge in [0.2, 0.25) is 0 Å². The molecular formula is C32H36N3+. The Morgan fingerprint density at radius 1 is 0.800 bits per heavy atom. The third kappa shape index (κ3) is 3.31. The van der Waals surface area contributed by atoms with Crippen LogP contribution >= 0.6 is 0 Å². The summed E-state index contributed by atoms with van der Waals surface area (Å²) < 4.78 is 4.93. The van der Waals surface area contributed by atoms with Crippen molar-refractivity contribution >= 4 is 38.5 Å². The Kier molecular flexibility index (Phi) is 5.08. The predicted octanol–water partition coefficient (Wildman–Crippen LogP) is 8.02. The van der Waals surface area contributed by atoms with Gasteiger partial charge >= 0.3 is 0 Å². The maximum Gasteiger partial charge on any atom is 0.297 e. The van der Waals surface area contributed by atoms with Crippen molar-refractivity contribution < 1.29 is 4.40 Å². The molecule has 0 unspecified atom stereocenters. The summed E-state index contributed by atoms with van der Waals surface area (Å²) in [4.78, 5) is 5.41. The van der Waals surface area contributed by atoms with E-state index in [0.717, 1.165) is 0 Å². The van der Waals surface area contributed by atoms with Crippen LogP contribution < -0.4 is 4.40 Å². The third-order valence-electron chi connectivity index (χ3n) is 9.09. The van der Waals surface area contributed by atoms with Crippen LogP contribution in [-0.4, -0.2) is 9.55 Å². The minimum absolute atomic E-state index is 0.611. The molecule has 2 aromatic carbocycles. The summed E-state index contributed by atoms with van der Waals surface area (Å²) in [5, 5.41) is 2.57. The van der Waals surface area contributed by atoms with E-state index in [1.54, 1.807) is 0 Å². The number of nitrogens with zero attached hydrogens (tertiary/aromatic N) is 3. The van der Waals surface area contributed by atoms with Crippen LogP contribution in [0.5, 0.6) is 0 Å². The van der Waals surface area contributed by atoms with E-state index in [1.807, 2.05) is 0 Å². The van der Waals surface area contributed by atoms with Gasteiger partial charge in [-0.25, -0.2) is 4.57 Å². The Bertz CT molecular complexity index is 1580. The zero-order valence-corrected chi connectivity index (χ0v) is 21.2. The monoisotopic (exact) mass is 462 g/mol. The largest absolute Gasteiger partial charge is 0.297 e. The maximum atomic E-state index is 5.41. The molecule has 0 aliphatic heterocycles. The van der Waals surface area contributed by atoms with Gasteiger partial charge in [-0.15, -0.1) is 0 Å². The van der Waals surface area contributed by atoms with Crippen molar-refractivity contribution in [1.29, 1.82) is 0 Å². The summed E-state index contributed by atoms with van der Waals surface area (Å²) in [5.74, 6) is 1.32. The number of aromatic nitrogens is 3. The van der Waals surface area contributed by atoms with E-state index in [-0.39, 0.29) is 0 Å².